The third kappa shape index (κ3) is 11.7. The smallest absolute Gasteiger partial charge is 0.303 e. The number of hydrogen-bond donors (Lipinski definition) is 3. The SMILES string of the molecule is COCC(C)NC(=O)CNCCC(C)CCC(=O)O. The molecule has 1 amide bonds. The molecule has 0 heterocycles. The van der Waals surface area contributed by atoms with Gasteiger partial charge in [0.2, 0.25) is 5.91 Å². The molecule has 2 unspecified atom stereocenters. The summed E-state index contributed by atoms with van der Waals surface area (Å²) in [5.41, 5.74) is 0. The fourth-order valence-corrected chi connectivity index (χ4v) is 1.68. The Hall–Kier alpha value is -1.14. The maximum Gasteiger partial charge on any atom is 0.303 e. The number of aliphatic carboxylic acids is 1. The van der Waals surface area contributed by atoms with Crippen LogP contribution in [0.5, 0.6) is 0 Å². The Morgan fingerprint density at radius 1 is 1.26 bits per heavy atom. The van der Waals surface area contributed by atoms with Crippen molar-refractivity contribution in [2.24, 2.45) is 5.92 Å². The lowest BCUT2D eigenvalue weighted by Gasteiger charge is -2.14. The highest BCUT2D eigenvalue weighted by Gasteiger charge is 2.08. The highest BCUT2D eigenvalue weighted by atomic mass is 16.5. The van der Waals surface area contributed by atoms with Crippen molar-refractivity contribution in [2.45, 2.75) is 39.2 Å². The average molecular weight is 274 g/mol. The van der Waals surface area contributed by atoms with Crippen LogP contribution < -0.4 is 10.6 Å². The van der Waals surface area contributed by atoms with E-state index in [2.05, 4.69) is 10.6 Å². The molecule has 0 saturated carbocycles. The van der Waals surface area contributed by atoms with E-state index < -0.39 is 5.97 Å². The van der Waals surface area contributed by atoms with Crippen molar-refractivity contribution in [3.05, 3.63) is 0 Å². The minimum absolute atomic E-state index is 0.00814. The van der Waals surface area contributed by atoms with Gasteiger partial charge in [-0.15, -0.1) is 0 Å². The topological polar surface area (TPSA) is 87.7 Å². The number of carbonyl (C=O) groups excluding carboxylic acids is 1. The summed E-state index contributed by atoms with van der Waals surface area (Å²) in [6.07, 6.45) is 1.75. The molecule has 0 spiro atoms. The molecule has 0 aromatic rings. The van der Waals surface area contributed by atoms with Crippen LogP contribution in [-0.2, 0) is 14.3 Å². The van der Waals surface area contributed by atoms with E-state index in [1.807, 2.05) is 13.8 Å². The molecular formula is C13H26N2O4. The largest absolute Gasteiger partial charge is 0.481 e. The highest BCUT2D eigenvalue weighted by molar-refractivity contribution is 5.78. The number of carboxylic acids is 1. The summed E-state index contributed by atoms with van der Waals surface area (Å²) in [6, 6.07) is 0.00814. The molecule has 0 aliphatic rings. The van der Waals surface area contributed by atoms with Crippen molar-refractivity contribution in [3.63, 3.8) is 0 Å². The minimum atomic E-state index is -0.758. The molecule has 0 rings (SSSR count). The Morgan fingerprint density at radius 2 is 1.95 bits per heavy atom. The molecule has 0 aliphatic carbocycles. The maximum absolute atomic E-state index is 11.5. The molecule has 0 bridgehead atoms. The fraction of sp³-hybridized carbons (Fsp3) is 0.846. The van der Waals surface area contributed by atoms with Gasteiger partial charge in [0, 0.05) is 19.6 Å². The van der Waals surface area contributed by atoms with Gasteiger partial charge in [-0.05, 0) is 32.2 Å². The van der Waals surface area contributed by atoms with E-state index in [1.165, 1.54) is 0 Å². The Kier molecular flexibility index (Phi) is 10.1. The summed E-state index contributed by atoms with van der Waals surface area (Å²) in [6.45, 7) is 5.39. The standard InChI is InChI=1S/C13H26N2O4/c1-10(4-5-13(17)18)6-7-14-8-12(16)15-11(2)9-19-3/h10-11,14H,4-9H2,1-3H3,(H,15,16)(H,17,18). The van der Waals surface area contributed by atoms with Gasteiger partial charge >= 0.3 is 5.97 Å². The van der Waals surface area contributed by atoms with E-state index in [-0.39, 0.29) is 24.9 Å². The van der Waals surface area contributed by atoms with Gasteiger partial charge in [0.25, 0.3) is 0 Å². The van der Waals surface area contributed by atoms with E-state index in [0.717, 1.165) is 6.42 Å². The first kappa shape index (κ1) is 17.9. The Bertz CT molecular complexity index is 271. The van der Waals surface area contributed by atoms with Crippen molar-refractivity contribution in [1.82, 2.24) is 10.6 Å². The van der Waals surface area contributed by atoms with Crippen LogP contribution in [0.1, 0.15) is 33.1 Å². The first-order valence-electron chi connectivity index (χ1n) is 6.66. The molecule has 0 saturated heterocycles. The minimum Gasteiger partial charge on any atom is -0.481 e. The first-order valence-corrected chi connectivity index (χ1v) is 6.66. The number of methoxy groups -OCH3 is 1. The van der Waals surface area contributed by atoms with Gasteiger partial charge in [0.05, 0.1) is 13.2 Å². The monoisotopic (exact) mass is 274 g/mol. The van der Waals surface area contributed by atoms with Gasteiger partial charge < -0.3 is 20.5 Å². The second kappa shape index (κ2) is 10.8. The van der Waals surface area contributed by atoms with Crippen LogP contribution in [0, 0.1) is 5.92 Å². The van der Waals surface area contributed by atoms with Gasteiger partial charge in [-0.2, -0.15) is 0 Å². The number of rotatable bonds is 11. The summed E-state index contributed by atoms with van der Waals surface area (Å²) in [4.78, 5) is 21.9. The summed E-state index contributed by atoms with van der Waals surface area (Å²) in [5, 5.41) is 14.4. The van der Waals surface area contributed by atoms with Gasteiger partial charge in [-0.3, -0.25) is 9.59 Å². The van der Waals surface area contributed by atoms with Crippen LogP contribution in [0.2, 0.25) is 0 Å². The lowest BCUT2D eigenvalue weighted by Crippen LogP contribution is -2.41. The summed E-state index contributed by atoms with van der Waals surface area (Å²) in [5.74, 6) is -0.465. The molecular weight excluding hydrogens is 248 g/mol. The fourth-order valence-electron chi connectivity index (χ4n) is 1.68. The van der Waals surface area contributed by atoms with Crippen molar-refractivity contribution in [1.29, 1.82) is 0 Å². The molecule has 0 aromatic carbocycles. The quantitative estimate of drug-likeness (QED) is 0.481. The van der Waals surface area contributed by atoms with E-state index in [1.54, 1.807) is 7.11 Å². The van der Waals surface area contributed by atoms with Gasteiger partial charge in [-0.25, -0.2) is 0 Å². The van der Waals surface area contributed by atoms with E-state index >= 15 is 0 Å². The van der Waals surface area contributed by atoms with Crippen molar-refractivity contribution < 1.29 is 19.4 Å². The summed E-state index contributed by atoms with van der Waals surface area (Å²) >= 11 is 0. The number of amides is 1. The Balaban J connectivity index is 3.52. The predicted molar refractivity (Wildman–Crippen MR) is 73.0 cm³/mol. The van der Waals surface area contributed by atoms with Crippen molar-refractivity contribution >= 4 is 11.9 Å². The van der Waals surface area contributed by atoms with Gasteiger partial charge in [0.15, 0.2) is 0 Å². The van der Waals surface area contributed by atoms with Crippen LogP contribution in [0.4, 0.5) is 0 Å². The molecule has 0 fully saturated rings. The molecule has 0 aliphatic heterocycles. The molecule has 2 atom stereocenters. The number of nitrogens with one attached hydrogen (secondary N) is 2. The zero-order valence-corrected chi connectivity index (χ0v) is 12.1. The Labute approximate surface area is 114 Å². The summed E-state index contributed by atoms with van der Waals surface area (Å²) < 4.78 is 4.92. The lowest BCUT2D eigenvalue weighted by atomic mass is 10.0. The van der Waals surface area contributed by atoms with Crippen LogP contribution in [0.3, 0.4) is 0 Å². The van der Waals surface area contributed by atoms with E-state index in [4.69, 9.17) is 9.84 Å². The van der Waals surface area contributed by atoms with E-state index in [9.17, 15) is 9.59 Å². The molecule has 19 heavy (non-hydrogen) atoms. The zero-order chi connectivity index (χ0) is 14.7. The van der Waals surface area contributed by atoms with Gasteiger partial charge in [-0.1, -0.05) is 6.92 Å². The molecule has 0 radical (unpaired) electrons. The molecule has 6 heteroatoms. The molecule has 6 nitrogen and oxygen atoms in total. The highest BCUT2D eigenvalue weighted by Crippen LogP contribution is 2.08. The summed E-state index contributed by atoms with van der Waals surface area (Å²) in [7, 11) is 1.60. The lowest BCUT2D eigenvalue weighted by molar-refractivity contribution is -0.137. The first-order chi connectivity index (χ1) is 8.95. The third-order valence-corrected chi connectivity index (χ3v) is 2.77. The normalized spacial score (nSPS) is 13.8. The molecule has 112 valence electrons. The second-order valence-electron chi connectivity index (χ2n) is 4.93. The Morgan fingerprint density at radius 3 is 2.53 bits per heavy atom. The van der Waals surface area contributed by atoms with Crippen LogP contribution in [0.15, 0.2) is 0 Å². The van der Waals surface area contributed by atoms with Crippen molar-refractivity contribution in [2.75, 3.05) is 26.8 Å². The number of carbonyl (C=O) groups is 2. The molecule has 3 N–H and O–H groups in total. The van der Waals surface area contributed by atoms with Crippen LogP contribution >= 0.6 is 0 Å². The van der Waals surface area contributed by atoms with Gasteiger partial charge in [0.1, 0.15) is 0 Å². The van der Waals surface area contributed by atoms with Crippen LogP contribution in [0.25, 0.3) is 0 Å². The molecule has 0 aromatic heterocycles. The van der Waals surface area contributed by atoms with E-state index in [0.29, 0.717) is 25.5 Å². The number of hydrogen-bond acceptors (Lipinski definition) is 4. The number of ether oxygens (including phenoxy) is 1. The predicted octanol–water partition coefficient (Wildman–Crippen LogP) is 0.618. The van der Waals surface area contributed by atoms with Crippen LogP contribution in [-0.4, -0.2) is 49.8 Å². The third-order valence-electron chi connectivity index (χ3n) is 2.77. The van der Waals surface area contributed by atoms with Crippen molar-refractivity contribution in [3.8, 4) is 0 Å². The average Bonchev–Trinajstić information content (AvgIpc) is 2.32. The zero-order valence-electron chi connectivity index (χ0n) is 12.1. The maximum atomic E-state index is 11.5. The second-order valence-corrected chi connectivity index (χ2v) is 4.93. The number of carboxylic acid groups (broad SMARTS) is 1.